The first-order valence-corrected chi connectivity index (χ1v) is 9.63. The monoisotopic (exact) mass is 417 g/mol. The van der Waals surface area contributed by atoms with Crippen molar-refractivity contribution in [3.05, 3.63) is 50.7 Å². The molecule has 0 spiro atoms. The molecule has 8 nitrogen and oxygen atoms in total. The van der Waals surface area contributed by atoms with Gasteiger partial charge in [0.25, 0.3) is 5.91 Å². The van der Waals surface area contributed by atoms with Gasteiger partial charge in [0.2, 0.25) is 0 Å². The van der Waals surface area contributed by atoms with Gasteiger partial charge < -0.3 is 19.5 Å². The summed E-state index contributed by atoms with van der Waals surface area (Å²) in [4.78, 5) is 49.7. The third kappa shape index (κ3) is 4.62. The normalized spacial score (nSPS) is 12.1. The summed E-state index contributed by atoms with van der Waals surface area (Å²) < 4.78 is 14.4. The molecule has 0 saturated heterocycles. The van der Waals surface area contributed by atoms with Crippen LogP contribution >= 0.6 is 11.3 Å². The van der Waals surface area contributed by atoms with Crippen molar-refractivity contribution in [1.29, 1.82) is 0 Å². The molecule has 9 heteroatoms. The predicted molar refractivity (Wildman–Crippen MR) is 104 cm³/mol. The zero-order valence-corrected chi connectivity index (χ0v) is 16.7. The Hall–Kier alpha value is -3.20. The van der Waals surface area contributed by atoms with Gasteiger partial charge in [0.05, 0.1) is 31.0 Å². The molecule has 1 heterocycles. The first-order chi connectivity index (χ1) is 13.9. The van der Waals surface area contributed by atoms with Gasteiger partial charge in [0, 0.05) is 4.88 Å². The Morgan fingerprint density at radius 3 is 2.45 bits per heavy atom. The molecule has 1 aliphatic rings. The van der Waals surface area contributed by atoms with Gasteiger partial charge in [-0.3, -0.25) is 4.79 Å². The Balaban J connectivity index is 1.67. The minimum atomic E-state index is -0.693. The smallest absolute Gasteiger partial charge is 0.348 e. The SMILES string of the molecule is COC(=O)c1ccc(C(=O)OC)c(NC(=O)COC(=O)c2cc3c(s2)CCC3)c1. The van der Waals surface area contributed by atoms with Crippen LogP contribution in [0.15, 0.2) is 24.3 Å². The standard InChI is InChI=1S/C20H19NO7S/c1-26-18(23)12-6-7-13(19(24)27-2)14(8-12)21-17(22)10-28-20(25)16-9-11-4-3-5-15(11)29-16/h6-9H,3-5,10H2,1-2H3,(H,21,22). The second kappa shape index (κ2) is 8.87. The summed E-state index contributed by atoms with van der Waals surface area (Å²) in [5, 5.41) is 2.47. The quantitative estimate of drug-likeness (QED) is 0.568. The molecule has 152 valence electrons. The van der Waals surface area contributed by atoms with Crippen molar-refractivity contribution in [3.8, 4) is 0 Å². The average Bonchev–Trinajstić information content (AvgIpc) is 3.33. The molecule has 0 unspecified atom stereocenters. The Bertz CT molecular complexity index is 958. The molecule has 0 fully saturated rings. The van der Waals surface area contributed by atoms with E-state index < -0.39 is 30.4 Å². The summed E-state index contributed by atoms with van der Waals surface area (Å²) in [6, 6.07) is 5.82. The van der Waals surface area contributed by atoms with Crippen molar-refractivity contribution >= 4 is 40.8 Å². The molecule has 2 aromatic rings. The molecule has 0 aliphatic heterocycles. The van der Waals surface area contributed by atoms with Crippen LogP contribution in [0.25, 0.3) is 0 Å². The van der Waals surface area contributed by atoms with Crippen molar-refractivity contribution in [1.82, 2.24) is 0 Å². The maximum absolute atomic E-state index is 12.2. The molecule has 0 saturated carbocycles. The van der Waals surface area contributed by atoms with Gasteiger partial charge in [-0.1, -0.05) is 0 Å². The lowest BCUT2D eigenvalue weighted by atomic mass is 10.1. The van der Waals surface area contributed by atoms with Gasteiger partial charge in [-0.05, 0) is 49.1 Å². The summed E-state index contributed by atoms with van der Waals surface area (Å²) in [6.45, 7) is -0.537. The van der Waals surface area contributed by atoms with E-state index in [9.17, 15) is 19.2 Å². The number of amides is 1. The lowest BCUT2D eigenvalue weighted by Gasteiger charge is -2.11. The van der Waals surface area contributed by atoms with Gasteiger partial charge in [0.1, 0.15) is 4.88 Å². The summed E-state index contributed by atoms with van der Waals surface area (Å²) in [6.07, 6.45) is 3.00. The number of anilines is 1. The van der Waals surface area contributed by atoms with Crippen molar-refractivity contribution in [2.24, 2.45) is 0 Å². The van der Waals surface area contributed by atoms with Crippen LogP contribution in [0.3, 0.4) is 0 Å². The maximum Gasteiger partial charge on any atom is 0.348 e. The predicted octanol–water partition coefficient (Wildman–Crippen LogP) is 2.61. The van der Waals surface area contributed by atoms with Gasteiger partial charge in [-0.25, -0.2) is 14.4 Å². The van der Waals surface area contributed by atoms with Crippen LogP contribution in [0.2, 0.25) is 0 Å². The van der Waals surface area contributed by atoms with Crippen LogP contribution in [0.4, 0.5) is 5.69 Å². The van der Waals surface area contributed by atoms with Crippen LogP contribution in [0, 0.1) is 0 Å². The highest BCUT2D eigenvalue weighted by molar-refractivity contribution is 7.14. The third-order valence-electron chi connectivity index (χ3n) is 4.40. The van der Waals surface area contributed by atoms with Gasteiger partial charge in [0.15, 0.2) is 6.61 Å². The van der Waals surface area contributed by atoms with Crippen LogP contribution in [0.5, 0.6) is 0 Å². The van der Waals surface area contributed by atoms with E-state index in [1.54, 1.807) is 0 Å². The first-order valence-electron chi connectivity index (χ1n) is 8.82. The summed E-state index contributed by atoms with van der Waals surface area (Å²) in [5.74, 6) is -2.55. The number of carbonyl (C=O) groups excluding carboxylic acids is 4. The topological polar surface area (TPSA) is 108 Å². The van der Waals surface area contributed by atoms with Crippen LogP contribution in [-0.2, 0) is 31.8 Å². The van der Waals surface area contributed by atoms with E-state index in [-0.39, 0.29) is 16.8 Å². The number of methoxy groups -OCH3 is 2. The van der Waals surface area contributed by atoms with E-state index in [2.05, 4.69) is 14.8 Å². The highest BCUT2D eigenvalue weighted by atomic mass is 32.1. The highest BCUT2D eigenvalue weighted by Gasteiger charge is 2.21. The fraction of sp³-hybridized carbons (Fsp3) is 0.300. The van der Waals surface area contributed by atoms with Gasteiger partial charge >= 0.3 is 17.9 Å². The van der Waals surface area contributed by atoms with E-state index in [1.807, 2.05) is 6.07 Å². The van der Waals surface area contributed by atoms with Crippen LogP contribution < -0.4 is 5.32 Å². The van der Waals surface area contributed by atoms with Crippen LogP contribution in [0.1, 0.15) is 47.2 Å². The highest BCUT2D eigenvalue weighted by Crippen LogP contribution is 2.31. The zero-order chi connectivity index (χ0) is 21.0. The fourth-order valence-corrected chi connectivity index (χ4v) is 4.15. The fourth-order valence-electron chi connectivity index (χ4n) is 3.00. The number of carbonyl (C=O) groups is 4. The molecular weight excluding hydrogens is 398 g/mol. The number of thiophene rings is 1. The van der Waals surface area contributed by atoms with Gasteiger partial charge in [-0.15, -0.1) is 11.3 Å². The molecule has 1 N–H and O–H groups in total. The number of benzene rings is 1. The largest absolute Gasteiger partial charge is 0.465 e. The lowest BCUT2D eigenvalue weighted by Crippen LogP contribution is -2.22. The number of esters is 3. The molecule has 0 radical (unpaired) electrons. The molecule has 1 aliphatic carbocycles. The van der Waals surface area contributed by atoms with E-state index in [0.717, 1.165) is 24.8 Å². The molecule has 1 aromatic carbocycles. The number of hydrogen-bond donors (Lipinski definition) is 1. The molecule has 0 bridgehead atoms. The number of ether oxygens (including phenoxy) is 3. The third-order valence-corrected chi connectivity index (χ3v) is 5.62. The van der Waals surface area contributed by atoms with E-state index in [1.165, 1.54) is 48.6 Å². The molecule has 0 atom stereocenters. The Morgan fingerprint density at radius 2 is 1.76 bits per heavy atom. The lowest BCUT2D eigenvalue weighted by molar-refractivity contribution is -0.119. The second-order valence-electron chi connectivity index (χ2n) is 6.28. The van der Waals surface area contributed by atoms with Crippen molar-refractivity contribution in [3.63, 3.8) is 0 Å². The number of aryl methyl sites for hydroxylation is 2. The molecule has 1 amide bonds. The molecular formula is C20H19NO7S. The minimum absolute atomic E-state index is 0.0505. The Labute approximate surface area is 170 Å². The molecule has 3 rings (SSSR count). The van der Waals surface area contributed by atoms with Gasteiger partial charge in [-0.2, -0.15) is 0 Å². The summed E-state index contributed by atoms with van der Waals surface area (Å²) in [5.41, 5.74) is 1.40. The molecule has 1 aromatic heterocycles. The van der Waals surface area contributed by atoms with Crippen LogP contribution in [-0.4, -0.2) is 44.6 Å². The maximum atomic E-state index is 12.2. The summed E-state index contributed by atoms with van der Waals surface area (Å²) in [7, 11) is 2.41. The number of fused-ring (bicyclic) bond motifs is 1. The molecule has 29 heavy (non-hydrogen) atoms. The Morgan fingerprint density at radius 1 is 1.00 bits per heavy atom. The zero-order valence-electron chi connectivity index (χ0n) is 15.9. The van der Waals surface area contributed by atoms with E-state index >= 15 is 0 Å². The second-order valence-corrected chi connectivity index (χ2v) is 7.42. The Kier molecular flexibility index (Phi) is 6.28. The van der Waals surface area contributed by atoms with Crippen molar-refractivity contribution < 1.29 is 33.4 Å². The number of hydrogen-bond acceptors (Lipinski definition) is 8. The van der Waals surface area contributed by atoms with Crippen molar-refractivity contribution in [2.45, 2.75) is 19.3 Å². The number of rotatable bonds is 6. The number of nitrogens with one attached hydrogen (secondary N) is 1. The van der Waals surface area contributed by atoms with E-state index in [4.69, 9.17) is 4.74 Å². The average molecular weight is 417 g/mol. The first kappa shape index (κ1) is 20.5. The summed E-state index contributed by atoms with van der Waals surface area (Å²) >= 11 is 1.38. The minimum Gasteiger partial charge on any atom is -0.465 e. The van der Waals surface area contributed by atoms with Crippen molar-refractivity contribution in [2.75, 3.05) is 26.1 Å². The van der Waals surface area contributed by atoms with E-state index in [0.29, 0.717) is 4.88 Å².